The molecular weight excluding hydrogens is 248 g/mol. The molecule has 1 aliphatic heterocycles. The van der Waals surface area contributed by atoms with Crippen molar-refractivity contribution in [3.05, 3.63) is 0 Å². The number of carbonyl (C=O) groups excluding carboxylic acids is 1. The first kappa shape index (κ1) is 14.3. The van der Waals surface area contributed by atoms with Crippen molar-refractivity contribution >= 4 is 11.9 Å². The van der Waals surface area contributed by atoms with Crippen molar-refractivity contribution in [2.45, 2.75) is 56.7 Å². The highest BCUT2D eigenvalue weighted by atomic mass is 16.4. The van der Waals surface area contributed by atoms with E-state index in [1.165, 1.54) is 19.8 Å². The van der Waals surface area contributed by atoms with Crippen LogP contribution in [0.3, 0.4) is 0 Å². The van der Waals surface area contributed by atoms with E-state index < -0.39 is 11.6 Å². The summed E-state index contributed by atoms with van der Waals surface area (Å²) in [6.07, 6.45) is 5.52. The van der Waals surface area contributed by atoms with Gasteiger partial charge in [0.2, 0.25) is 5.91 Å². The number of carbonyl (C=O) groups is 2. The average molecular weight is 270 g/mol. The summed E-state index contributed by atoms with van der Waals surface area (Å²) in [5, 5.41) is 24.2. The molecule has 0 radical (unpaired) electrons. The molecule has 1 aliphatic carbocycles. The Morgan fingerprint density at radius 3 is 2.68 bits per heavy atom. The zero-order valence-electron chi connectivity index (χ0n) is 11.2. The van der Waals surface area contributed by atoms with Gasteiger partial charge in [0.25, 0.3) is 0 Å². The molecule has 2 fully saturated rings. The highest BCUT2D eigenvalue weighted by Crippen LogP contribution is 2.33. The summed E-state index contributed by atoms with van der Waals surface area (Å²) in [5.41, 5.74) is -1.92. The second-order valence-electron chi connectivity index (χ2n) is 5.90. The lowest BCUT2D eigenvalue weighted by molar-refractivity contribution is -0.156. The Bertz CT molecular complexity index is 356. The summed E-state index contributed by atoms with van der Waals surface area (Å²) >= 11 is 0. The number of carboxylic acid groups (broad SMARTS) is 1. The quantitative estimate of drug-likeness (QED) is 0.570. The summed E-state index contributed by atoms with van der Waals surface area (Å²) in [5.74, 6) is -0.985. The minimum Gasteiger partial charge on any atom is -0.479 e. The van der Waals surface area contributed by atoms with Gasteiger partial charge in [0.1, 0.15) is 0 Å². The fourth-order valence-corrected chi connectivity index (χ4v) is 2.98. The second kappa shape index (κ2) is 5.46. The van der Waals surface area contributed by atoms with Gasteiger partial charge in [-0.2, -0.15) is 0 Å². The number of fused-ring (bicyclic) bond motifs is 1. The maximum atomic E-state index is 12.0. The van der Waals surface area contributed by atoms with Crippen LogP contribution in [-0.2, 0) is 9.59 Å². The van der Waals surface area contributed by atoms with Crippen molar-refractivity contribution in [2.75, 3.05) is 6.54 Å². The molecule has 6 heteroatoms. The van der Waals surface area contributed by atoms with Crippen molar-refractivity contribution in [2.24, 2.45) is 5.92 Å². The molecule has 4 N–H and O–H groups in total. The predicted octanol–water partition coefficient (Wildman–Crippen LogP) is -0.141. The molecule has 4 unspecified atom stereocenters. The SMILES string of the molecule is CC(O)(CNC(=O)C1CC2CCCCC2N1)C(=O)O. The van der Waals surface area contributed by atoms with Crippen molar-refractivity contribution in [3.63, 3.8) is 0 Å². The van der Waals surface area contributed by atoms with Gasteiger partial charge in [-0.25, -0.2) is 4.79 Å². The van der Waals surface area contributed by atoms with Crippen molar-refractivity contribution in [3.8, 4) is 0 Å². The van der Waals surface area contributed by atoms with E-state index in [9.17, 15) is 14.7 Å². The molecule has 1 saturated heterocycles. The molecule has 2 aliphatic rings. The minimum atomic E-state index is -1.92. The molecule has 2 rings (SSSR count). The van der Waals surface area contributed by atoms with Crippen LogP contribution in [0.15, 0.2) is 0 Å². The molecule has 6 nitrogen and oxygen atoms in total. The van der Waals surface area contributed by atoms with E-state index in [1.54, 1.807) is 0 Å². The largest absolute Gasteiger partial charge is 0.479 e. The van der Waals surface area contributed by atoms with Gasteiger partial charge >= 0.3 is 5.97 Å². The van der Waals surface area contributed by atoms with Gasteiger partial charge in [0, 0.05) is 6.04 Å². The van der Waals surface area contributed by atoms with Crippen molar-refractivity contribution in [1.82, 2.24) is 10.6 Å². The highest BCUT2D eigenvalue weighted by Gasteiger charge is 2.39. The lowest BCUT2D eigenvalue weighted by Gasteiger charge is -2.24. The average Bonchev–Trinajstić information content (AvgIpc) is 2.79. The fourth-order valence-electron chi connectivity index (χ4n) is 2.98. The number of rotatable bonds is 4. The maximum absolute atomic E-state index is 12.0. The third-order valence-electron chi connectivity index (χ3n) is 4.25. The van der Waals surface area contributed by atoms with Crippen LogP contribution >= 0.6 is 0 Å². The molecule has 19 heavy (non-hydrogen) atoms. The minimum absolute atomic E-state index is 0.212. The summed E-state index contributed by atoms with van der Waals surface area (Å²) in [7, 11) is 0. The molecule has 1 amide bonds. The number of hydrogen-bond acceptors (Lipinski definition) is 4. The molecular formula is C13H22N2O4. The molecule has 0 aromatic rings. The molecule has 0 spiro atoms. The predicted molar refractivity (Wildman–Crippen MR) is 68.6 cm³/mol. The molecule has 1 saturated carbocycles. The van der Waals surface area contributed by atoms with E-state index >= 15 is 0 Å². The Hall–Kier alpha value is -1.14. The summed E-state index contributed by atoms with van der Waals surface area (Å²) in [4.78, 5) is 22.7. The third-order valence-corrected chi connectivity index (χ3v) is 4.25. The summed E-state index contributed by atoms with van der Waals surface area (Å²) < 4.78 is 0. The summed E-state index contributed by atoms with van der Waals surface area (Å²) in [6, 6.07) is 0.169. The Morgan fingerprint density at radius 2 is 2.05 bits per heavy atom. The van der Waals surface area contributed by atoms with Crippen LogP contribution in [0.1, 0.15) is 39.0 Å². The Labute approximate surface area is 112 Å². The standard InChI is InChI=1S/C13H22N2O4/c1-13(19,12(17)18)7-14-11(16)10-6-8-4-2-3-5-9(8)15-10/h8-10,15,19H,2-7H2,1H3,(H,14,16)(H,17,18). The van der Waals surface area contributed by atoms with Gasteiger partial charge in [-0.1, -0.05) is 12.8 Å². The topological polar surface area (TPSA) is 98.7 Å². The first-order valence-corrected chi connectivity index (χ1v) is 6.89. The van der Waals surface area contributed by atoms with Crippen LogP contribution in [0.5, 0.6) is 0 Å². The Morgan fingerprint density at radius 1 is 1.37 bits per heavy atom. The zero-order valence-corrected chi connectivity index (χ0v) is 11.2. The van der Waals surface area contributed by atoms with Crippen LogP contribution < -0.4 is 10.6 Å². The molecule has 0 aromatic carbocycles. The number of nitrogens with one attached hydrogen (secondary N) is 2. The van der Waals surface area contributed by atoms with Gasteiger partial charge in [0.15, 0.2) is 5.60 Å². The van der Waals surface area contributed by atoms with Gasteiger partial charge in [0.05, 0.1) is 12.6 Å². The van der Waals surface area contributed by atoms with Crippen LogP contribution in [0.25, 0.3) is 0 Å². The smallest absolute Gasteiger partial charge is 0.337 e. The van der Waals surface area contributed by atoms with E-state index in [-0.39, 0.29) is 18.5 Å². The number of amides is 1. The number of carboxylic acids is 1. The van der Waals surface area contributed by atoms with Gasteiger partial charge in [-0.15, -0.1) is 0 Å². The van der Waals surface area contributed by atoms with Crippen LogP contribution in [0.2, 0.25) is 0 Å². The van der Waals surface area contributed by atoms with E-state index in [1.807, 2.05) is 0 Å². The number of hydrogen-bond donors (Lipinski definition) is 4. The molecule has 4 atom stereocenters. The monoisotopic (exact) mass is 270 g/mol. The van der Waals surface area contributed by atoms with E-state index in [4.69, 9.17) is 5.11 Å². The van der Waals surface area contributed by atoms with Crippen molar-refractivity contribution in [1.29, 1.82) is 0 Å². The van der Waals surface area contributed by atoms with Crippen LogP contribution in [0.4, 0.5) is 0 Å². The number of aliphatic carboxylic acids is 1. The van der Waals surface area contributed by atoms with Gasteiger partial charge in [-0.3, -0.25) is 4.79 Å². The normalized spacial score (nSPS) is 33.3. The highest BCUT2D eigenvalue weighted by molar-refractivity contribution is 5.84. The molecule has 0 bridgehead atoms. The molecule has 108 valence electrons. The van der Waals surface area contributed by atoms with Crippen molar-refractivity contribution < 1.29 is 19.8 Å². The van der Waals surface area contributed by atoms with E-state index in [0.717, 1.165) is 19.3 Å². The Kier molecular flexibility index (Phi) is 4.10. The molecule has 0 aromatic heterocycles. The second-order valence-corrected chi connectivity index (χ2v) is 5.90. The number of aliphatic hydroxyl groups is 1. The first-order valence-electron chi connectivity index (χ1n) is 6.89. The van der Waals surface area contributed by atoms with Crippen LogP contribution in [-0.4, -0.2) is 46.3 Å². The lowest BCUT2D eigenvalue weighted by Crippen LogP contribution is -2.50. The maximum Gasteiger partial charge on any atom is 0.337 e. The van der Waals surface area contributed by atoms with E-state index in [0.29, 0.717) is 12.0 Å². The van der Waals surface area contributed by atoms with E-state index in [2.05, 4.69) is 10.6 Å². The third kappa shape index (κ3) is 3.25. The first-order chi connectivity index (χ1) is 8.90. The Balaban J connectivity index is 1.83. The van der Waals surface area contributed by atoms with Crippen LogP contribution in [0, 0.1) is 5.92 Å². The summed E-state index contributed by atoms with van der Waals surface area (Å²) in [6.45, 7) is 0.909. The zero-order chi connectivity index (χ0) is 14.0. The van der Waals surface area contributed by atoms with Gasteiger partial charge in [-0.05, 0) is 32.1 Å². The lowest BCUT2D eigenvalue weighted by atomic mass is 9.85. The molecule has 1 heterocycles. The fraction of sp³-hybridized carbons (Fsp3) is 0.846. The van der Waals surface area contributed by atoms with Gasteiger partial charge < -0.3 is 20.8 Å².